The number of aromatic nitrogens is 1. The van der Waals surface area contributed by atoms with Crippen LogP contribution in [0.15, 0.2) is 24.5 Å². The largest absolute Gasteiger partial charge is 0.479 e. The molecule has 1 unspecified atom stereocenters. The fourth-order valence-electron chi connectivity index (χ4n) is 1.22. The van der Waals surface area contributed by atoms with Crippen LogP contribution in [0.4, 0.5) is 0 Å². The summed E-state index contributed by atoms with van der Waals surface area (Å²) in [5.41, 5.74) is 0. The van der Waals surface area contributed by atoms with E-state index in [9.17, 15) is 4.79 Å². The molecular weight excluding hydrogens is 192 g/mol. The molecule has 4 heteroatoms. The van der Waals surface area contributed by atoms with Crippen LogP contribution in [0.1, 0.15) is 19.8 Å². The molecule has 0 spiro atoms. The molecule has 80 valence electrons. The lowest BCUT2D eigenvalue weighted by molar-refractivity contribution is -0.127. The molecular formula is C11H14N2O2. The van der Waals surface area contributed by atoms with Gasteiger partial charge in [-0.3, -0.25) is 9.78 Å². The van der Waals surface area contributed by atoms with Crippen molar-refractivity contribution in [1.29, 1.82) is 0 Å². The Bertz CT molecular complexity index is 336. The van der Waals surface area contributed by atoms with Crippen LogP contribution in [0.2, 0.25) is 0 Å². The van der Waals surface area contributed by atoms with Crippen molar-refractivity contribution < 1.29 is 9.53 Å². The Labute approximate surface area is 88.7 Å². The number of nitrogens with zero attached hydrogens (tertiary/aromatic N) is 1. The lowest BCUT2D eigenvalue weighted by atomic mass is 10.3. The Balaban J connectivity index is 1.85. The molecule has 1 aromatic rings. The van der Waals surface area contributed by atoms with E-state index in [-0.39, 0.29) is 5.91 Å². The molecule has 0 radical (unpaired) electrons. The average molecular weight is 206 g/mol. The minimum atomic E-state index is -0.463. The maximum absolute atomic E-state index is 11.5. The maximum atomic E-state index is 11.5. The van der Waals surface area contributed by atoms with E-state index in [4.69, 9.17) is 4.74 Å². The zero-order chi connectivity index (χ0) is 10.7. The molecule has 0 aromatic carbocycles. The van der Waals surface area contributed by atoms with Crippen LogP contribution in [0, 0.1) is 0 Å². The predicted octanol–water partition coefficient (Wildman–Crippen LogP) is 1.13. The van der Waals surface area contributed by atoms with Gasteiger partial charge in [-0.05, 0) is 31.9 Å². The summed E-state index contributed by atoms with van der Waals surface area (Å²) in [6.07, 6.45) is 4.98. The van der Waals surface area contributed by atoms with Crippen molar-refractivity contribution in [3.05, 3.63) is 24.5 Å². The smallest absolute Gasteiger partial charge is 0.260 e. The summed E-state index contributed by atoms with van der Waals surface area (Å²) in [6.45, 7) is 1.74. The topological polar surface area (TPSA) is 51.2 Å². The maximum Gasteiger partial charge on any atom is 0.260 e. The third-order valence-corrected chi connectivity index (χ3v) is 2.24. The molecule has 1 amide bonds. The van der Waals surface area contributed by atoms with E-state index in [0.717, 1.165) is 12.8 Å². The molecule has 4 nitrogen and oxygen atoms in total. The second-order valence-electron chi connectivity index (χ2n) is 3.73. The normalized spacial score (nSPS) is 16.9. The lowest BCUT2D eigenvalue weighted by Crippen LogP contribution is -2.37. The van der Waals surface area contributed by atoms with Gasteiger partial charge < -0.3 is 10.1 Å². The van der Waals surface area contributed by atoms with Gasteiger partial charge in [0, 0.05) is 12.2 Å². The number of ether oxygens (including phenoxy) is 1. The van der Waals surface area contributed by atoms with Crippen molar-refractivity contribution in [1.82, 2.24) is 10.3 Å². The van der Waals surface area contributed by atoms with Gasteiger partial charge in [0.2, 0.25) is 0 Å². The van der Waals surface area contributed by atoms with Gasteiger partial charge in [-0.2, -0.15) is 0 Å². The minimum Gasteiger partial charge on any atom is -0.479 e. The molecule has 1 aliphatic rings. The van der Waals surface area contributed by atoms with Crippen molar-refractivity contribution in [2.24, 2.45) is 0 Å². The number of rotatable bonds is 4. The van der Waals surface area contributed by atoms with E-state index >= 15 is 0 Å². The van der Waals surface area contributed by atoms with Gasteiger partial charge in [0.05, 0.1) is 6.20 Å². The van der Waals surface area contributed by atoms with Gasteiger partial charge >= 0.3 is 0 Å². The van der Waals surface area contributed by atoms with Gasteiger partial charge in [-0.1, -0.05) is 0 Å². The van der Waals surface area contributed by atoms with Gasteiger partial charge in [0.15, 0.2) is 6.10 Å². The van der Waals surface area contributed by atoms with Crippen molar-refractivity contribution in [3.63, 3.8) is 0 Å². The number of hydrogen-bond acceptors (Lipinski definition) is 3. The lowest BCUT2D eigenvalue weighted by Gasteiger charge is -2.13. The summed E-state index contributed by atoms with van der Waals surface area (Å²) in [5.74, 6) is 0.567. The van der Waals surface area contributed by atoms with Crippen molar-refractivity contribution in [3.8, 4) is 5.75 Å². The fourth-order valence-corrected chi connectivity index (χ4v) is 1.22. The summed E-state index contributed by atoms with van der Waals surface area (Å²) in [6, 6.07) is 3.94. The number of pyridine rings is 1. The Morgan fingerprint density at radius 2 is 2.47 bits per heavy atom. The number of nitrogens with one attached hydrogen (secondary N) is 1. The fraction of sp³-hybridized carbons (Fsp3) is 0.455. The van der Waals surface area contributed by atoms with Gasteiger partial charge in [-0.15, -0.1) is 0 Å². The zero-order valence-corrected chi connectivity index (χ0v) is 8.64. The first-order chi connectivity index (χ1) is 7.25. The molecule has 0 saturated heterocycles. The van der Waals surface area contributed by atoms with E-state index in [2.05, 4.69) is 10.3 Å². The summed E-state index contributed by atoms with van der Waals surface area (Å²) in [7, 11) is 0. The first kappa shape index (κ1) is 9.96. The number of hydrogen-bond donors (Lipinski definition) is 1. The quantitative estimate of drug-likeness (QED) is 0.803. The summed E-state index contributed by atoms with van der Waals surface area (Å²) in [4.78, 5) is 15.5. The highest BCUT2D eigenvalue weighted by Crippen LogP contribution is 2.19. The first-order valence-electron chi connectivity index (χ1n) is 5.13. The number of carbonyl (C=O) groups is 1. The van der Waals surface area contributed by atoms with Gasteiger partial charge in [0.25, 0.3) is 5.91 Å². The van der Waals surface area contributed by atoms with Crippen molar-refractivity contribution >= 4 is 5.91 Å². The highest BCUT2D eigenvalue weighted by Gasteiger charge is 2.26. The Morgan fingerprint density at radius 3 is 3.07 bits per heavy atom. The number of carbonyl (C=O) groups excluding carboxylic acids is 1. The molecule has 1 heterocycles. The molecule has 1 saturated carbocycles. The van der Waals surface area contributed by atoms with Crippen molar-refractivity contribution in [2.75, 3.05) is 0 Å². The highest BCUT2D eigenvalue weighted by molar-refractivity contribution is 5.81. The van der Waals surface area contributed by atoms with Crippen LogP contribution in [-0.2, 0) is 4.79 Å². The first-order valence-corrected chi connectivity index (χ1v) is 5.13. The SMILES string of the molecule is CC(Oc1cccnc1)C(=O)NC1CC1. The van der Waals surface area contributed by atoms with E-state index in [1.165, 1.54) is 0 Å². The van der Waals surface area contributed by atoms with E-state index in [1.807, 2.05) is 0 Å². The third kappa shape index (κ3) is 2.94. The van der Waals surface area contributed by atoms with Crippen LogP contribution in [0.5, 0.6) is 5.75 Å². The Morgan fingerprint density at radius 1 is 1.67 bits per heavy atom. The average Bonchev–Trinajstić information content (AvgIpc) is 3.03. The second kappa shape index (κ2) is 4.29. The minimum absolute atomic E-state index is 0.0543. The van der Waals surface area contributed by atoms with Crippen LogP contribution >= 0.6 is 0 Å². The molecule has 1 atom stereocenters. The second-order valence-corrected chi connectivity index (χ2v) is 3.73. The molecule has 15 heavy (non-hydrogen) atoms. The molecule has 1 aromatic heterocycles. The molecule has 1 aliphatic carbocycles. The van der Waals surface area contributed by atoms with E-state index in [0.29, 0.717) is 11.8 Å². The molecule has 2 rings (SSSR count). The number of amides is 1. The summed E-state index contributed by atoms with van der Waals surface area (Å²) >= 11 is 0. The monoisotopic (exact) mass is 206 g/mol. The van der Waals surface area contributed by atoms with Gasteiger partial charge in [-0.25, -0.2) is 0 Å². The Kier molecular flexibility index (Phi) is 2.85. The standard InChI is InChI=1S/C11H14N2O2/c1-8(11(14)13-9-4-5-9)15-10-3-2-6-12-7-10/h2-3,6-9H,4-5H2,1H3,(H,13,14). The summed E-state index contributed by atoms with van der Waals surface area (Å²) < 4.78 is 5.43. The van der Waals surface area contributed by atoms with Crippen LogP contribution in [0.3, 0.4) is 0 Å². The van der Waals surface area contributed by atoms with E-state index in [1.54, 1.807) is 31.5 Å². The van der Waals surface area contributed by atoms with Crippen molar-refractivity contribution in [2.45, 2.75) is 31.9 Å². The third-order valence-electron chi connectivity index (χ3n) is 2.24. The van der Waals surface area contributed by atoms with Crippen LogP contribution < -0.4 is 10.1 Å². The van der Waals surface area contributed by atoms with Crippen LogP contribution in [-0.4, -0.2) is 23.0 Å². The molecule has 1 fully saturated rings. The van der Waals surface area contributed by atoms with E-state index < -0.39 is 6.10 Å². The summed E-state index contributed by atoms with van der Waals surface area (Å²) in [5, 5.41) is 2.89. The highest BCUT2D eigenvalue weighted by atomic mass is 16.5. The zero-order valence-electron chi connectivity index (χ0n) is 8.64. The predicted molar refractivity (Wildman–Crippen MR) is 55.5 cm³/mol. The van der Waals surface area contributed by atoms with Gasteiger partial charge in [0.1, 0.15) is 5.75 Å². The van der Waals surface area contributed by atoms with Crippen LogP contribution in [0.25, 0.3) is 0 Å². The molecule has 0 aliphatic heterocycles. The molecule has 0 bridgehead atoms. The molecule has 1 N–H and O–H groups in total. The Hall–Kier alpha value is -1.58.